The highest BCUT2D eigenvalue weighted by Crippen LogP contribution is 2.61. The van der Waals surface area contributed by atoms with Gasteiger partial charge in [-0.1, -0.05) is 193 Å². The highest BCUT2D eigenvalue weighted by atomic mass is 16.3. The smallest absolute Gasteiger partial charge is 0.159 e. The van der Waals surface area contributed by atoms with Gasteiger partial charge in [0.2, 0.25) is 0 Å². The molecule has 366 valence electrons. The molecule has 0 bridgehead atoms. The highest BCUT2D eigenvalue weighted by molar-refractivity contribution is 6.13. The standard InChI is InChI=1S/C73H52N2O2/c1-45-29-39-63(47(3)41-45)74(65-25-15-23-61-57-21-11-13-27-67(57)76-71(61)65)53-33-37-55-49(43-53)31-35-59-60-36-32-50-44-54(34-38-56(50)70(60)73(69(55)59,51-17-7-5-8-18-51)52-19-9-6-10-20-52)75(64-40-30-46(2)42-48(64)4)66-26-16-24-62-58-22-12-14-28-68(58)77-72(62)66/h5-44H,1-4H3. The summed E-state index contributed by atoms with van der Waals surface area (Å²) in [6.07, 6.45) is 0. The Morgan fingerprint density at radius 2 is 0.727 bits per heavy atom. The van der Waals surface area contributed by atoms with Crippen LogP contribution in [-0.2, 0) is 5.41 Å². The van der Waals surface area contributed by atoms with Crippen LogP contribution in [0.25, 0.3) is 76.5 Å². The van der Waals surface area contributed by atoms with Crippen LogP contribution in [-0.4, -0.2) is 0 Å². The Bertz CT molecular complexity index is 4400. The fraction of sp³-hybridized carbons (Fsp3) is 0.0685. The zero-order chi connectivity index (χ0) is 51.5. The number of hydrogen-bond donors (Lipinski definition) is 0. The molecule has 2 heterocycles. The molecular weight excluding hydrogens is 937 g/mol. The second kappa shape index (κ2) is 17.2. The van der Waals surface area contributed by atoms with E-state index in [1.807, 2.05) is 12.1 Å². The first kappa shape index (κ1) is 44.8. The van der Waals surface area contributed by atoms with Crippen LogP contribution >= 0.6 is 0 Å². The van der Waals surface area contributed by atoms with Gasteiger partial charge in [0.25, 0.3) is 0 Å². The first-order chi connectivity index (χ1) is 37.8. The number of nitrogens with zero attached hydrogens (tertiary/aromatic N) is 2. The molecule has 0 atom stereocenters. The lowest BCUT2D eigenvalue weighted by Gasteiger charge is -2.36. The predicted octanol–water partition coefficient (Wildman–Crippen LogP) is 20.3. The number of hydrogen-bond acceptors (Lipinski definition) is 4. The number of aryl methyl sites for hydroxylation is 4. The van der Waals surface area contributed by atoms with E-state index in [-0.39, 0.29) is 0 Å². The molecule has 77 heavy (non-hydrogen) atoms. The minimum absolute atomic E-state index is 0.685. The van der Waals surface area contributed by atoms with E-state index in [4.69, 9.17) is 8.83 Å². The zero-order valence-electron chi connectivity index (χ0n) is 43.3. The van der Waals surface area contributed by atoms with Crippen molar-refractivity contribution in [2.45, 2.75) is 33.1 Å². The molecule has 0 amide bonds. The van der Waals surface area contributed by atoms with E-state index in [0.717, 1.165) is 88.8 Å². The Hall–Kier alpha value is -9.64. The summed E-state index contributed by atoms with van der Waals surface area (Å²) in [5.41, 5.74) is 21.5. The van der Waals surface area contributed by atoms with Gasteiger partial charge in [-0.25, -0.2) is 0 Å². The van der Waals surface area contributed by atoms with Gasteiger partial charge >= 0.3 is 0 Å². The van der Waals surface area contributed by atoms with Crippen LogP contribution < -0.4 is 9.80 Å². The summed E-state index contributed by atoms with van der Waals surface area (Å²) in [7, 11) is 0. The van der Waals surface area contributed by atoms with Gasteiger partial charge in [0.05, 0.1) is 16.8 Å². The predicted molar refractivity (Wildman–Crippen MR) is 322 cm³/mol. The van der Waals surface area contributed by atoms with E-state index in [1.54, 1.807) is 0 Å². The van der Waals surface area contributed by atoms with Crippen molar-refractivity contribution in [3.63, 3.8) is 0 Å². The molecule has 0 unspecified atom stereocenters. The van der Waals surface area contributed by atoms with E-state index in [1.165, 1.54) is 66.4 Å². The average molecular weight is 989 g/mol. The Morgan fingerprint density at radius 3 is 1.17 bits per heavy atom. The summed E-state index contributed by atoms with van der Waals surface area (Å²) in [6, 6.07) is 89.2. The number of anilines is 6. The molecule has 4 heteroatoms. The topological polar surface area (TPSA) is 32.8 Å². The summed E-state index contributed by atoms with van der Waals surface area (Å²) in [5.74, 6) is 0. The van der Waals surface area contributed by atoms with Crippen molar-refractivity contribution >= 4 is 99.5 Å². The summed E-state index contributed by atoms with van der Waals surface area (Å²) < 4.78 is 13.5. The quantitative estimate of drug-likeness (QED) is 0.152. The molecule has 15 rings (SSSR count). The third kappa shape index (κ3) is 6.71. The Balaban J connectivity index is 0.967. The van der Waals surface area contributed by atoms with Crippen molar-refractivity contribution in [1.29, 1.82) is 0 Å². The molecular formula is C73H52N2O2. The fourth-order valence-corrected chi connectivity index (χ4v) is 13.2. The molecule has 0 saturated carbocycles. The van der Waals surface area contributed by atoms with E-state index in [9.17, 15) is 0 Å². The van der Waals surface area contributed by atoms with Crippen LogP contribution in [0.5, 0.6) is 0 Å². The van der Waals surface area contributed by atoms with Gasteiger partial charge in [-0.2, -0.15) is 0 Å². The first-order valence-corrected chi connectivity index (χ1v) is 26.6. The molecule has 0 aliphatic heterocycles. The minimum atomic E-state index is -0.685. The van der Waals surface area contributed by atoms with Crippen molar-refractivity contribution < 1.29 is 8.83 Å². The molecule has 0 radical (unpaired) electrons. The average Bonchev–Trinajstić information content (AvgIpc) is 4.30. The van der Waals surface area contributed by atoms with Crippen LogP contribution in [0, 0.1) is 27.7 Å². The molecule has 1 aliphatic rings. The largest absolute Gasteiger partial charge is 0.454 e. The van der Waals surface area contributed by atoms with E-state index < -0.39 is 5.41 Å². The molecule has 0 saturated heterocycles. The van der Waals surface area contributed by atoms with E-state index >= 15 is 0 Å². The van der Waals surface area contributed by atoms with Gasteiger partial charge in [-0.05, 0) is 154 Å². The van der Waals surface area contributed by atoms with E-state index in [2.05, 4.69) is 268 Å². The lowest BCUT2D eigenvalue weighted by atomic mass is 9.66. The maximum Gasteiger partial charge on any atom is 0.159 e. The Morgan fingerprint density at radius 1 is 0.312 bits per heavy atom. The number of fused-ring (bicyclic) bond motifs is 13. The van der Waals surface area contributed by atoms with Gasteiger partial charge < -0.3 is 18.6 Å². The number of benzene rings is 12. The second-order valence-corrected chi connectivity index (χ2v) is 21.0. The second-order valence-electron chi connectivity index (χ2n) is 21.0. The molecule has 0 spiro atoms. The van der Waals surface area contributed by atoms with Gasteiger partial charge in [-0.15, -0.1) is 0 Å². The number of furan rings is 2. The van der Waals surface area contributed by atoms with Crippen molar-refractivity contribution in [2.75, 3.05) is 9.80 Å². The van der Waals surface area contributed by atoms with Crippen molar-refractivity contribution in [1.82, 2.24) is 0 Å². The van der Waals surface area contributed by atoms with Gasteiger partial charge in [0.15, 0.2) is 11.2 Å². The van der Waals surface area contributed by atoms with Crippen LogP contribution in [0.3, 0.4) is 0 Å². The molecule has 4 nitrogen and oxygen atoms in total. The van der Waals surface area contributed by atoms with Crippen LogP contribution in [0.1, 0.15) is 44.5 Å². The number of para-hydroxylation sites is 4. The molecule has 1 aliphatic carbocycles. The molecule has 14 aromatic rings. The Labute approximate surface area is 447 Å². The first-order valence-electron chi connectivity index (χ1n) is 26.6. The normalized spacial score (nSPS) is 12.8. The monoisotopic (exact) mass is 988 g/mol. The van der Waals surface area contributed by atoms with Gasteiger partial charge in [-0.3, -0.25) is 0 Å². The summed E-state index contributed by atoms with van der Waals surface area (Å²) in [5, 5.41) is 9.16. The molecule has 12 aromatic carbocycles. The SMILES string of the molecule is Cc1ccc(N(c2ccc3c4c(ccc3c2)-c2ccc3cc(N(c5ccc(C)cc5C)c5cccc6c5oc5ccccc56)ccc3c2C4(c2ccccc2)c2ccccc2)c2cccc3c2oc2ccccc23)c(C)c1. The maximum absolute atomic E-state index is 6.77. The summed E-state index contributed by atoms with van der Waals surface area (Å²) in [6.45, 7) is 8.75. The van der Waals surface area contributed by atoms with E-state index in [0.29, 0.717) is 0 Å². The van der Waals surface area contributed by atoms with Gasteiger partial charge in [0.1, 0.15) is 11.2 Å². The van der Waals surface area contributed by atoms with Crippen molar-refractivity contribution in [2.24, 2.45) is 0 Å². The summed E-state index contributed by atoms with van der Waals surface area (Å²) >= 11 is 0. The lowest BCUT2D eigenvalue weighted by molar-refractivity contribution is 0.668. The maximum atomic E-state index is 6.77. The van der Waals surface area contributed by atoms with Crippen molar-refractivity contribution in [3.05, 3.63) is 287 Å². The lowest BCUT2D eigenvalue weighted by Crippen LogP contribution is -2.29. The van der Waals surface area contributed by atoms with Crippen LogP contribution in [0.4, 0.5) is 34.1 Å². The molecule has 0 fully saturated rings. The number of rotatable bonds is 8. The summed E-state index contributed by atoms with van der Waals surface area (Å²) in [4.78, 5) is 4.79. The van der Waals surface area contributed by atoms with Gasteiger partial charge in [0, 0.05) is 44.3 Å². The third-order valence-corrected chi connectivity index (χ3v) is 16.4. The minimum Gasteiger partial charge on any atom is -0.454 e. The third-order valence-electron chi connectivity index (χ3n) is 16.4. The molecule has 0 N–H and O–H groups in total. The fourth-order valence-electron chi connectivity index (χ4n) is 13.2. The Kier molecular flexibility index (Phi) is 10.0. The van der Waals surface area contributed by atoms with Crippen molar-refractivity contribution in [3.8, 4) is 11.1 Å². The van der Waals surface area contributed by atoms with Crippen LogP contribution in [0.2, 0.25) is 0 Å². The zero-order valence-corrected chi connectivity index (χ0v) is 43.3. The highest BCUT2D eigenvalue weighted by Gasteiger charge is 2.48. The van der Waals surface area contributed by atoms with Crippen LogP contribution in [0.15, 0.2) is 251 Å². The molecule has 2 aromatic heterocycles.